The van der Waals surface area contributed by atoms with Gasteiger partial charge in [-0.15, -0.1) is 0 Å². The van der Waals surface area contributed by atoms with Gasteiger partial charge >= 0.3 is 0 Å². The van der Waals surface area contributed by atoms with Crippen molar-refractivity contribution in [3.8, 4) is 0 Å². The van der Waals surface area contributed by atoms with E-state index in [0.29, 0.717) is 5.41 Å². The summed E-state index contributed by atoms with van der Waals surface area (Å²) < 4.78 is 0. The van der Waals surface area contributed by atoms with E-state index < -0.39 is 0 Å². The topological polar surface area (TPSA) is 15.3 Å². The lowest BCUT2D eigenvalue weighted by Gasteiger charge is -2.44. The van der Waals surface area contributed by atoms with Crippen LogP contribution in [-0.4, -0.2) is 38.6 Å². The van der Waals surface area contributed by atoms with Gasteiger partial charge in [0, 0.05) is 19.6 Å². The molecular weight excluding hydrogens is 196 g/mol. The van der Waals surface area contributed by atoms with E-state index >= 15 is 0 Å². The third-order valence-corrected chi connectivity index (χ3v) is 4.62. The molecule has 1 N–H and O–H groups in total. The first kappa shape index (κ1) is 12.4. The molecule has 94 valence electrons. The molecule has 0 aromatic carbocycles. The molecule has 2 nitrogen and oxygen atoms in total. The Labute approximate surface area is 101 Å². The van der Waals surface area contributed by atoms with Gasteiger partial charge in [-0.25, -0.2) is 0 Å². The van der Waals surface area contributed by atoms with Crippen molar-refractivity contribution >= 4 is 0 Å². The first-order valence-corrected chi connectivity index (χ1v) is 7.07. The zero-order valence-corrected chi connectivity index (χ0v) is 11.1. The van der Waals surface area contributed by atoms with Crippen molar-refractivity contribution in [2.45, 2.75) is 44.9 Å². The summed E-state index contributed by atoms with van der Waals surface area (Å²) in [4.78, 5) is 2.60. The van der Waals surface area contributed by atoms with Gasteiger partial charge < -0.3 is 10.2 Å². The Morgan fingerprint density at radius 3 is 2.38 bits per heavy atom. The van der Waals surface area contributed by atoms with Gasteiger partial charge in [0.15, 0.2) is 0 Å². The molecule has 0 aliphatic heterocycles. The molecular formula is C14H28N2. The van der Waals surface area contributed by atoms with Gasteiger partial charge in [-0.3, -0.25) is 0 Å². The molecule has 2 heteroatoms. The van der Waals surface area contributed by atoms with Crippen LogP contribution in [0.1, 0.15) is 44.9 Å². The molecule has 0 amide bonds. The minimum absolute atomic E-state index is 0.613. The number of rotatable bonds is 6. The predicted molar refractivity (Wildman–Crippen MR) is 69.7 cm³/mol. The van der Waals surface area contributed by atoms with Crippen molar-refractivity contribution < 1.29 is 0 Å². The Balaban J connectivity index is 1.74. The van der Waals surface area contributed by atoms with E-state index in [1.54, 1.807) is 0 Å². The van der Waals surface area contributed by atoms with Gasteiger partial charge in [0.2, 0.25) is 0 Å². The minimum atomic E-state index is 0.613. The molecule has 2 saturated carbocycles. The van der Waals surface area contributed by atoms with Crippen LogP contribution in [0.5, 0.6) is 0 Å². The summed E-state index contributed by atoms with van der Waals surface area (Å²) in [5.74, 6) is 0.997. The normalized spacial score (nSPS) is 24.9. The van der Waals surface area contributed by atoms with Crippen LogP contribution in [-0.2, 0) is 0 Å². The van der Waals surface area contributed by atoms with Crippen molar-refractivity contribution in [2.24, 2.45) is 11.3 Å². The third-order valence-electron chi connectivity index (χ3n) is 4.62. The Morgan fingerprint density at radius 2 is 1.88 bits per heavy atom. The summed E-state index contributed by atoms with van der Waals surface area (Å²) in [5.41, 5.74) is 0.613. The van der Waals surface area contributed by atoms with Crippen molar-refractivity contribution in [1.29, 1.82) is 0 Å². The summed E-state index contributed by atoms with van der Waals surface area (Å²) in [7, 11) is 4.42. The average Bonchev–Trinajstić information content (AvgIpc) is 2.67. The summed E-state index contributed by atoms with van der Waals surface area (Å²) in [5, 5.41) is 3.38. The molecule has 16 heavy (non-hydrogen) atoms. The van der Waals surface area contributed by atoms with Gasteiger partial charge in [0.25, 0.3) is 0 Å². The zero-order chi connectivity index (χ0) is 11.4. The lowest BCUT2D eigenvalue weighted by molar-refractivity contribution is 0.0732. The summed E-state index contributed by atoms with van der Waals surface area (Å²) in [6.45, 7) is 3.86. The summed E-state index contributed by atoms with van der Waals surface area (Å²) in [6, 6.07) is 0. The minimum Gasteiger partial charge on any atom is -0.319 e. The highest BCUT2D eigenvalue weighted by Crippen LogP contribution is 2.41. The average molecular weight is 224 g/mol. The van der Waals surface area contributed by atoms with E-state index in [1.165, 1.54) is 64.6 Å². The monoisotopic (exact) mass is 224 g/mol. The van der Waals surface area contributed by atoms with E-state index in [0.717, 1.165) is 5.92 Å². The maximum Gasteiger partial charge on any atom is 0.00472 e. The molecule has 2 aliphatic carbocycles. The molecule has 0 bridgehead atoms. The maximum atomic E-state index is 3.38. The zero-order valence-electron chi connectivity index (χ0n) is 11.1. The number of hydrogen-bond donors (Lipinski definition) is 1. The second kappa shape index (κ2) is 5.50. The number of nitrogens with zero attached hydrogens (tertiary/aromatic N) is 1. The van der Waals surface area contributed by atoms with Gasteiger partial charge in [0.05, 0.1) is 0 Å². The molecule has 0 aromatic heterocycles. The fourth-order valence-electron chi connectivity index (χ4n) is 3.71. The Bertz CT molecular complexity index is 205. The molecule has 2 rings (SSSR count). The molecule has 0 heterocycles. The van der Waals surface area contributed by atoms with E-state index in [2.05, 4.69) is 24.3 Å². The molecule has 0 saturated heterocycles. The Morgan fingerprint density at radius 1 is 1.19 bits per heavy atom. The van der Waals surface area contributed by atoms with Crippen LogP contribution in [0.2, 0.25) is 0 Å². The molecule has 2 fully saturated rings. The third kappa shape index (κ3) is 2.98. The maximum absolute atomic E-state index is 3.38. The Kier molecular flexibility index (Phi) is 4.26. The fraction of sp³-hybridized carbons (Fsp3) is 1.00. The number of nitrogens with one attached hydrogen (secondary N) is 1. The van der Waals surface area contributed by atoms with Crippen molar-refractivity contribution in [3.63, 3.8) is 0 Å². The lowest BCUT2D eigenvalue weighted by Crippen LogP contribution is -2.47. The highest BCUT2D eigenvalue weighted by atomic mass is 15.1. The smallest absolute Gasteiger partial charge is 0.00472 e. The molecule has 0 atom stereocenters. The molecule has 0 radical (unpaired) electrons. The standard InChI is InChI=1S/C14H28N2/c1-15-11-14(8-5-9-14)12-16(2)10-13-6-3-4-7-13/h13,15H,3-12H2,1-2H3. The first-order valence-electron chi connectivity index (χ1n) is 7.07. The highest BCUT2D eigenvalue weighted by molar-refractivity contribution is 4.91. The molecule has 0 unspecified atom stereocenters. The largest absolute Gasteiger partial charge is 0.319 e. The van der Waals surface area contributed by atoms with Crippen LogP contribution in [0.25, 0.3) is 0 Å². The van der Waals surface area contributed by atoms with Gasteiger partial charge in [-0.2, -0.15) is 0 Å². The first-order chi connectivity index (χ1) is 7.74. The second-order valence-electron chi connectivity index (χ2n) is 6.23. The molecule has 2 aliphatic rings. The van der Waals surface area contributed by atoms with Crippen LogP contribution in [0.3, 0.4) is 0 Å². The van der Waals surface area contributed by atoms with Crippen molar-refractivity contribution in [1.82, 2.24) is 10.2 Å². The number of hydrogen-bond acceptors (Lipinski definition) is 2. The van der Waals surface area contributed by atoms with Crippen LogP contribution in [0.4, 0.5) is 0 Å². The quantitative estimate of drug-likeness (QED) is 0.746. The van der Waals surface area contributed by atoms with Gasteiger partial charge in [-0.05, 0) is 51.1 Å². The van der Waals surface area contributed by atoms with Gasteiger partial charge in [-0.1, -0.05) is 19.3 Å². The van der Waals surface area contributed by atoms with Crippen LogP contribution in [0.15, 0.2) is 0 Å². The van der Waals surface area contributed by atoms with E-state index in [9.17, 15) is 0 Å². The second-order valence-corrected chi connectivity index (χ2v) is 6.23. The van der Waals surface area contributed by atoms with E-state index in [4.69, 9.17) is 0 Å². The van der Waals surface area contributed by atoms with Crippen LogP contribution < -0.4 is 5.32 Å². The van der Waals surface area contributed by atoms with Crippen LogP contribution in [0, 0.1) is 11.3 Å². The van der Waals surface area contributed by atoms with Crippen LogP contribution >= 0.6 is 0 Å². The van der Waals surface area contributed by atoms with Gasteiger partial charge in [0.1, 0.15) is 0 Å². The van der Waals surface area contributed by atoms with Crippen molar-refractivity contribution in [2.75, 3.05) is 33.7 Å². The summed E-state index contributed by atoms with van der Waals surface area (Å²) >= 11 is 0. The SMILES string of the molecule is CNCC1(CN(C)CC2CCCC2)CCC1. The van der Waals surface area contributed by atoms with Crippen molar-refractivity contribution in [3.05, 3.63) is 0 Å². The van der Waals surface area contributed by atoms with E-state index in [-0.39, 0.29) is 0 Å². The highest BCUT2D eigenvalue weighted by Gasteiger charge is 2.37. The van der Waals surface area contributed by atoms with E-state index in [1.807, 2.05) is 0 Å². The Hall–Kier alpha value is -0.0800. The molecule has 0 spiro atoms. The summed E-state index contributed by atoms with van der Waals surface area (Å²) in [6.07, 6.45) is 10.2. The fourth-order valence-corrected chi connectivity index (χ4v) is 3.71. The molecule has 0 aromatic rings. The lowest BCUT2D eigenvalue weighted by atomic mass is 9.68. The predicted octanol–water partition coefficient (Wildman–Crippen LogP) is 2.50.